The molecule has 0 aliphatic heterocycles. The van der Waals surface area contributed by atoms with Gasteiger partial charge in [0.1, 0.15) is 0 Å². The quantitative estimate of drug-likeness (QED) is 0.796. The zero-order chi connectivity index (χ0) is 14.6. The van der Waals surface area contributed by atoms with E-state index in [-0.39, 0.29) is 5.54 Å². The smallest absolute Gasteiger partial charge is 0.0139 e. The largest absolute Gasteiger partial charge is 0.326 e. The topological polar surface area (TPSA) is 38.0 Å². The summed E-state index contributed by atoms with van der Waals surface area (Å²) in [7, 11) is 0. The second kappa shape index (κ2) is 6.55. The van der Waals surface area contributed by atoms with E-state index >= 15 is 0 Å². The lowest BCUT2D eigenvalue weighted by molar-refractivity contribution is 0.452. The van der Waals surface area contributed by atoms with Crippen LogP contribution in [-0.4, -0.2) is 18.1 Å². The molecule has 1 fully saturated rings. The van der Waals surface area contributed by atoms with Gasteiger partial charge in [0.15, 0.2) is 0 Å². The minimum atomic E-state index is -0.0646. The molecule has 2 unspecified atom stereocenters. The molecule has 0 aromatic heterocycles. The van der Waals surface area contributed by atoms with Crippen LogP contribution in [-0.2, 0) is 0 Å². The number of hydrogen-bond donors (Lipinski definition) is 2. The fraction of sp³-hybridized carbons (Fsp3) is 0.556. The van der Waals surface area contributed by atoms with Crippen LogP contribution in [0.15, 0.2) is 35.9 Å². The third-order valence-corrected chi connectivity index (χ3v) is 4.00. The molecule has 1 aromatic rings. The average Bonchev–Trinajstić information content (AvgIpc) is 3.15. The maximum absolute atomic E-state index is 6.01. The molecule has 1 aromatic carbocycles. The zero-order valence-corrected chi connectivity index (χ0v) is 13.0. The molecule has 2 rings (SSSR count). The molecule has 0 heterocycles. The summed E-state index contributed by atoms with van der Waals surface area (Å²) in [6, 6.07) is 11.3. The Bertz CT molecular complexity index is 442. The van der Waals surface area contributed by atoms with Crippen molar-refractivity contribution in [2.45, 2.75) is 51.6 Å². The van der Waals surface area contributed by atoms with E-state index in [2.05, 4.69) is 62.5 Å². The van der Waals surface area contributed by atoms with E-state index in [1.54, 1.807) is 5.57 Å². The van der Waals surface area contributed by atoms with Crippen molar-refractivity contribution in [3.63, 3.8) is 0 Å². The molecule has 2 nitrogen and oxygen atoms in total. The Morgan fingerprint density at radius 3 is 2.65 bits per heavy atom. The Balaban J connectivity index is 1.84. The van der Waals surface area contributed by atoms with E-state index in [1.807, 2.05) is 0 Å². The van der Waals surface area contributed by atoms with Crippen LogP contribution < -0.4 is 11.1 Å². The zero-order valence-electron chi connectivity index (χ0n) is 13.0. The van der Waals surface area contributed by atoms with Gasteiger partial charge in [-0.05, 0) is 51.1 Å². The molecule has 20 heavy (non-hydrogen) atoms. The van der Waals surface area contributed by atoms with Gasteiger partial charge in [0, 0.05) is 11.6 Å². The maximum atomic E-state index is 6.01. The van der Waals surface area contributed by atoms with Gasteiger partial charge in [-0.25, -0.2) is 0 Å². The fourth-order valence-electron chi connectivity index (χ4n) is 2.64. The molecule has 2 atom stereocenters. The van der Waals surface area contributed by atoms with Crippen LogP contribution in [0.3, 0.4) is 0 Å². The predicted octanol–water partition coefficient (Wildman–Crippen LogP) is 3.59. The highest BCUT2D eigenvalue weighted by Gasteiger charge is 2.38. The van der Waals surface area contributed by atoms with Crippen LogP contribution in [0.4, 0.5) is 0 Å². The second-order valence-electron chi connectivity index (χ2n) is 6.62. The normalized spacial score (nSPS) is 22.9. The van der Waals surface area contributed by atoms with Crippen molar-refractivity contribution in [3.05, 3.63) is 41.5 Å². The minimum absolute atomic E-state index is 0.0646. The van der Waals surface area contributed by atoms with Crippen LogP contribution in [0.1, 0.15) is 45.6 Å². The van der Waals surface area contributed by atoms with E-state index in [1.165, 1.54) is 12.0 Å². The Morgan fingerprint density at radius 1 is 1.35 bits per heavy atom. The van der Waals surface area contributed by atoms with Crippen molar-refractivity contribution in [3.8, 4) is 0 Å². The highest BCUT2D eigenvalue weighted by molar-refractivity contribution is 5.54. The van der Waals surface area contributed by atoms with Crippen molar-refractivity contribution < 1.29 is 0 Å². The van der Waals surface area contributed by atoms with E-state index in [9.17, 15) is 0 Å². The molecular formula is C18H28N2. The molecule has 0 spiro atoms. The average molecular weight is 272 g/mol. The first-order valence-corrected chi connectivity index (χ1v) is 7.77. The number of nitrogens with two attached hydrogens (primary N) is 1. The van der Waals surface area contributed by atoms with E-state index in [0.29, 0.717) is 6.04 Å². The summed E-state index contributed by atoms with van der Waals surface area (Å²) in [6.07, 6.45) is 5.80. The van der Waals surface area contributed by atoms with Crippen LogP contribution in [0.5, 0.6) is 0 Å². The molecule has 0 amide bonds. The van der Waals surface area contributed by atoms with Gasteiger partial charge >= 0.3 is 0 Å². The lowest BCUT2D eigenvalue weighted by Gasteiger charge is -2.18. The number of rotatable bonds is 7. The van der Waals surface area contributed by atoms with Gasteiger partial charge in [0.25, 0.3) is 0 Å². The minimum Gasteiger partial charge on any atom is -0.326 e. The summed E-state index contributed by atoms with van der Waals surface area (Å²) in [5.74, 6) is 0.723. The van der Waals surface area contributed by atoms with Gasteiger partial charge in [-0.2, -0.15) is 0 Å². The third kappa shape index (κ3) is 4.77. The monoisotopic (exact) mass is 272 g/mol. The highest BCUT2D eigenvalue weighted by Crippen LogP contribution is 2.39. The molecule has 1 aliphatic carbocycles. The number of nitrogens with one attached hydrogen (secondary N) is 1. The summed E-state index contributed by atoms with van der Waals surface area (Å²) in [5.41, 5.74) is 8.84. The Morgan fingerprint density at radius 2 is 2.05 bits per heavy atom. The Labute approximate surface area is 123 Å². The SMILES string of the molecule is CC/C(=C\c1ccccc1)C1CC1NCCC(C)(C)N. The van der Waals surface area contributed by atoms with Gasteiger partial charge in [0.05, 0.1) is 0 Å². The molecular weight excluding hydrogens is 244 g/mol. The van der Waals surface area contributed by atoms with E-state index in [4.69, 9.17) is 5.73 Å². The van der Waals surface area contributed by atoms with Crippen molar-refractivity contribution in [1.82, 2.24) is 5.32 Å². The van der Waals surface area contributed by atoms with Crippen LogP contribution in [0, 0.1) is 5.92 Å². The van der Waals surface area contributed by atoms with E-state index < -0.39 is 0 Å². The Kier molecular flexibility index (Phi) is 5.00. The van der Waals surface area contributed by atoms with Crippen molar-refractivity contribution in [2.75, 3.05) is 6.54 Å². The van der Waals surface area contributed by atoms with Gasteiger partial charge < -0.3 is 11.1 Å². The van der Waals surface area contributed by atoms with Crippen LogP contribution >= 0.6 is 0 Å². The van der Waals surface area contributed by atoms with Crippen LogP contribution in [0.2, 0.25) is 0 Å². The third-order valence-electron chi connectivity index (χ3n) is 4.00. The maximum Gasteiger partial charge on any atom is 0.0139 e. The molecule has 1 aliphatic rings. The van der Waals surface area contributed by atoms with Crippen molar-refractivity contribution in [1.29, 1.82) is 0 Å². The van der Waals surface area contributed by atoms with Crippen LogP contribution in [0.25, 0.3) is 6.08 Å². The Hall–Kier alpha value is -1.12. The summed E-state index contributed by atoms with van der Waals surface area (Å²) in [6.45, 7) is 7.46. The van der Waals surface area contributed by atoms with Gasteiger partial charge in [-0.15, -0.1) is 0 Å². The lowest BCUT2D eigenvalue weighted by Crippen LogP contribution is -2.36. The molecule has 0 bridgehead atoms. The lowest BCUT2D eigenvalue weighted by atomic mass is 10.0. The summed E-state index contributed by atoms with van der Waals surface area (Å²) in [5, 5.41) is 3.64. The molecule has 3 N–H and O–H groups in total. The van der Waals surface area contributed by atoms with Gasteiger partial charge in [-0.3, -0.25) is 0 Å². The first kappa shape index (κ1) is 15.3. The molecule has 0 radical (unpaired) electrons. The van der Waals surface area contributed by atoms with Crippen molar-refractivity contribution >= 4 is 6.08 Å². The fourth-order valence-corrected chi connectivity index (χ4v) is 2.64. The molecule has 0 saturated heterocycles. The standard InChI is InChI=1S/C18H28N2/c1-4-15(12-14-8-6-5-7-9-14)16-13-17(16)20-11-10-18(2,3)19/h5-9,12,16-17,20H,4,10-11,13,19H2,1-3H3/b15-12+. The number of benzene rings is 1. The first-order chi connectivity index (χ1) is 9.49. The molecule has 110 valence electrons. The summed E-state index contributed by atoms with van der Waals surface area (Å²) in [4.78, 5) is 0. The second-order valence-corrected chi connectivity index (χ2v) is 6.62. The summed E-state index contributed by atoms with van der Waals surface area (Å²) < 4.78 is 0. The highest BCUT2D eigenvalue weighted by atomic mass is 15.0. The molecule has 1 saturated carbocycles. The van der Waals surface area contributed by atoms with E-state index in [0.717, 1.165) is 25.3 Å². The van der Waals surface area contributed by atoms with Crippen molar-refractivity contribution in [2.24, 2.45) is 11.7 Å². The number of hydrogen-bond acceptors (Lipinski definition) is 2. The first-order valence-electron chi connectivity index (χ1n) is 7.77. The molecule has 2 heteroatoms. The van der Waals surface area contributed by atoms with Gasteiger partial charge in [0.2, 0.25) is 0 Å². The van der Waals surface area contributed by atoms with Gasteiger partial charge in [-0.1, -0.05) is 48.9 Å². The summed E-state index contributed by atoms with van der Waals surface area (Å²) >= 11 is 0. The predicted molar refractivity (Wildman–Crippen MR) is 87.5 cm³/mol.